The van der Waals surface area contributed by atoms with Crippen molar-refractivity contribution in [3.63, 3.8) is 0 Å². The van der Waals surface area contributed by atoms with Crippen molar-refractivity contribution >= 4 is 47.1 Å². The van der Waals surface area contributed by atoms with Crippen LogP contribution < -0.4 is 4.90 Å². The quantitative estimate of drug-likeness (QED) is 0.155. The minimum atomic E-state index is -1.24. The maximum absolute atomic E-state index is 14.8. The van der Waals surface area contributed by atoms with Crippen LogP contribution in [0.5, 0.6) is 0 Å². The molecule has 2 saturated heterocycles. The summed E-state index contributed by atoms with van der Waals surface area (Å²) in [6.07, 6.45) is 1.63. The number of hydrogen-bond acceptors (Lipinski definition) is 5. The van der Waals surface area contributed by atoms with Crippen molar-refractivity contribution in [2.75, 3.05) is 4.90 Å². The molecule has 0 saturated carbocycles. The Hall–Kier alpha value is -5.66. The lowest BCUT2D eigenvalue weighted by Crippen LogP contribution is -2.55. The molecule has 8 heteroatoms. The number of para-hydroxylation sites is 1. The maximum Gasteiger partial charge on any atom is 0.254 e. The summed E-state index contributed by atoms with van der Waals surface area (Å²) >= 11 is 6.61. The van der Waals surface area contributed by atoms with Gasteiger partial charge in [0.05, 0.1) is 39.8 Å². The van der Waals surface area contributed by atoms with Crippen molar-refractivity contribution in [2.45, 2.75) is 23.2 Å². The Kier molecular flexibility index (Phi) is 5.70. The van der Waals surface area contributed by atoms with E-state index >= 15 is 0 Å². The van der Waals surface area contributed by atoms with Gasteiger partial charge >= 0.3 is 0 Å². The molecule has 7 nitrogen and oxygen atoms in total. The van der Waals surface area contributed by atoms with Gasteiger partial charge in [-0.1, -0.05) is 121 Å². The highest BCUT2D eigenvalue weighted by atomic mass is 35.5. The summed E-state index contributed by atoms with van der Waals surface area (Å²) in [6, 6.07) is 38.8. The molecule has 5 aromatic rings. The Morgan fingerprint density at radius 2 is 0.941 bits per heavy atom. The Bertz CT molecular complexity index is 2310. The molecular formula is C43H28ClN3O4. The molecule has 2 heterocycles. The third kappa shape index (κ3) is 3.38. The Balaban J connectivity index is 1.09. The summed E-state index contributed by atoms with van der Waals surface area (Å²) in [5.74, 6) is -5.09. The number of rotatable bonds is 3. The fourth-order valence-corrected chi connectivity index (χ4v) is 11.1. The van der Waals surface area contributed by atoms with Crippen molar-refractivity contribution in [1.82, 2.24) is 5.01 Å². The number of imide groups is 2. The zero-order valence-electron chi connectivity index (χ0n) is 27.0. The van der Waals surface area contributed by atoms with E-state index in [0.717, 1.165) is 49.5 Å². The predicted molar refractivity (Wildman–Crippen MR) is 190 cm³/mol. The van der Waals surface area contributed by atoms with Crippen LogP contribution in [0.1, 0.15) is 62.3 Å². The number of carbonyl (C=O) groups is 4. The van der Waals surface area contributed by atoms with Gasteiger partial charge in [-0.15, -0.1) is 0 Å². The van der Waals surface area contributed by atoms with E-state index in [1.807, 2.05) is 72.8 Å². The third-order valence-corrected chi connectivity index (χ3v) is 12.9. The molecule has 0 spiro atoms. The van der Waals surface area contributed by atoms with E-state index in [9.17, 15) is 19.2 Å². The van der Waals surface area contributed by atoms with Crippen LogP contribution in [-0.4, -0.2) is 34.9 Å². The molecule has 51 heavy (non-hydrogen) atoms. The fourth-order valence-electron chi connectivity index (χ4n) is 10.8. The minimum Gasteiger partial charge on any atom is -0.274 e. The summed E-state index contributed by atoms with van der Waals surface area (Å²) < 4.78 is 0. The Labute approximate surface area is 298 Å². The summed E-state index contributed by atoms with van der Waals surface area (Å²) in [5, 5.41) is 6.22. The van der Waals surface area contributed by atoms with E-state index in [1.54, 1.807) is 30.5 Å². The Morgan fingerprint density at radius 3 is 1.45 bits per heavy atom. The van der Waals surface area contributed by atoms with Crippen molar-refractivity contribution < 1.29 is 19.2 Å². The van der Waals surface area contributed by atoms with Gasteiger partial charge in [0.25, 0.3) is 11.8 Å². The third-order valence-electron chi connectivity index (χ3n) is 12.6. The molecule has 0 unspecified atom stereocenters. The van der Waals surface area contributed by atoms with E-state index in [4.69, 9.17) is 16.7 Å². The number of hydrogen-bond donors (Lipinski definition) is 0. The van der Waals surface area contributed by atoms with Crippen LogP contribution in [0.2, 0.25) is 5.02 Å². The topological polar surface area (TPSA) is 87.1 Å². The highest BCUT2D eigenvalue weighted by molar-refractivity contribution is 6.36. The molecule has 246 valence electrons. The largest absolute Gasteiger partial charge is 0.274 e. The van der Waals surface area contributed by atoms with Gasteiger partial charge in [0.15, 0.2) is 0 Å². The van der Waals surface area contributed by atoms with Gasteiger partial charge in [-0.3, -0.25) is 19.2 Å². The molecule has 8 aliphatic rings. The van der Waals surface area contributed by atoms with E-state index in [2.05, 4.69) is 24.3 Å². The maximum atomic E-state index is 14.8. The molecule has 0 radical (unpaired) electrons. The second kappa shape index (κ2) is 9.98. The second-order valence-corrected chi connectivity index (χ2v) is 14.9. The van der Waals surface area contributed by atoms with Crippen LogP contribution in [-0.2, 0) is 24.6 Å². The van der Waals surface area contributed by atoms with Gasteiger partial charge < -0.3 is 0 Å². The van der Waals surface area contributed by atoms with Gasteiger partial charge in [-0.05, 0) is 56.6 Å². The highest BCUT2D eigenvalue weighted by Gasteiger charge is 2.69. The molecule has 5 aromatic carbocycles. The van der Waals surface area contributed by atoms with Gasteiger partial charge in [0.1, 0.15) is 0 Å². The molecule has 4 bridgehead atoms. The molecular weight excluding hydrogens is 658 g/mol. The first-order chi connectivity index (χ1) is 24.9. The number of nitrogens with zero attached hydrogens (tertiary/aromatic N) is 3. The van der Waals surface area contributed by atoms with Crippen molar-refractivity contribution in [3.8, 4) is 0 Å². The normalized spacial score (nSPS) is 30.3. The fraction of sp³-hybridized carbons (Fsp3) is 0.186. The predicted octanol–water partition coefficient (Wildman–Crippen LogP) is 6.77. The van der Waals surface area contributed by atoms with Crippen LogP contribution >= 0.6 is 11.6 Å². The monoisotopic (exact) mass is 685 g/mol. The van der Waals surface area contributed by atoms with Crippen molar-refractivity contribution in [3.05, 3.63) is 171 Å². The van der Waals surface area contributed by atoms with Crippen LogP contribution in [0.25, 0.3) is 0 Å². The number of hydrazone groups is 1. The molecule has 4 atom stereocenters. The zero-order chi connectivity index (χ0) is 34.3. The van der Waals surface area contributed by atoms with E-state index in [1.165, 1.54) is 4.90 Å². The first-order valence-electron chi connectivity index (χ1n) is 17.3. The summed E-state index contributed by atoms with van der Waals surface area (Å²) in [7, 11) is 0. The van der Waals surface area contributed by atoms with Crippen LogP contribution in [0.3, 0.4) is 0 Å². The molecule has 4 amide bonds. The highest BCUT2D eigenvalue weighted by Crippen LogP contribution is 2.65. The van der Waals surface area contributed by atoms with E-state index in [0.29, 0.717) is 10.7 Å². The molecule has 13 rings (SSSR count). The average molecular weight is 686 g/mol. The first kappa shape index (κ1) is 29.1. The van der Waals surface area contributed by atoms with Crippen molar-refractivity contribution in [1.29, 1.82) is 0 Å². The molecule has 2 fully saturated rings. The van der Waals surface area contributed by atoms with Gasteiger partial charge in [-0.25, -0.2) is 4.90 Å². The number of anilines is 1. The number of amides is 4. The minimum absolute atomic E-state index is 0.267. The number of halogens is 1. The van der Waals surface area contributed by atoms with Gasteiger partial charge in [0.2, 0.25) is 11.8 Å². The van der Waals surface area contributed by atoms with Gasteiger partial charge in [-0.2, -0.15) is 10.1 Å². The lowest BCUT2D eigenvalue weighted by Gasteiger charge is -2.52. The average Bonchev–Trinajstić information content (AvgIpc) is 3.59. The first-order valence-corrected chi connectivity index (χ1v) is 17.7. The molecule has 0 aromatic heterocycles. The number of benzene rings is 5. The molecule has 6 aliphatic carbocycles. The number of carbonyl (C=O) groups excluding carboxylic acids is 4. The summed E-state index contributed by atoms with van der Waals surface area (Å²) in [6.45, 7) is 0. The van der Waals surface area contributed by atoms with E-state index in [-0.39, 0.29) is 41.4 Å². The Morgan fingerprint density at radius 1 is 0.510 bits per heavy atom. The smallest absolute Gasteiger partial charge is 0.254 e. The van der Waals surface area contributed by atoms with E-state index < -0.39 is 29.1 Å². The summed E-state index contributed by atoms with van der Waals surface area (Å²) in [4.78, 5) is 59.8. The second-order valence-electron chi connectivity index (χ2n) is 14.5. The van der Waals surface area contributed by atoms with Crippen LogP contribution in [0, 0.1) is 23.7 Å². The molecule has 0 N–H and O–H groups in total. The standard InChI is InChI=1S/C43H28ClN3O4/c44-30-19-9-10-20-31(30)46-39(48)37-34-26-15-5-7-17-28(26)43(38(37)42(46)51,29-18-8-6-16-27(29)34)21-45-47-40(49)35-32-22-11-1-2-12-23(22)33(36(35)41(47)50)25-14-4-3-13-24(25)32/h1-21,32-38H/b45-21-/t32?,33?,34?,35-,36+,37-,38+,43?/m1/s1. The zero-order valence-corrected chi connectivity index (χ0v) is 27.8. The van der Waals surface area contributed by atoms with Crippen LogP contribution in [0.15, 0.2) is 126 Å². The van der Waals surface area contributed by atoms with Crippen molar-refractivity contribution in [2.24, 2.45) is 28.8 Å². The lowest BCUT2D eigenvalue weighted by molar-refractivity contribution is -0.140. The lowest BCUT2D eigenvalue weighted by atomic mass is 9.47. The SMILES string of the molecule is O=C1[C@@H]2C3c4ccccc4C(c4ccccc43)[C@@H]2C(=O)N1/N=C\C12c3ccccc3C(c3ccccc31)[C@H]1C(=O)N(c3ccccc3Cl)C(=O)[C@H]12. The molecule has 2 aliphatic heterocycles. The van der Waals surface area contributed by atoms with Crippen LogP contribution in [0.4, 0.5) is 5.69 Å². The summed E-state index contributed by atoms with van der Waals surface area (Å²) in [5.41, 5.74) is 6.98. The van der Waals surface area contributed by atoms with Gasteiger partial charge in [0, 0.05) is 24.0 Å².